The van der Waals surface area contributed by atoms with Gasteiger partial charge in [0, 0.05) is 70.5 Å². The predicted octanol–water partition coefficient (Wildman–Crippen LogP) is 19.7. The van der Waals surface area contributed by atoms with E-state index >= 15 is 0 Å². The van der Waals surface area contributed by atoms with Gasteiger partial charge in [0.1, 0.15) is 11.2 Å². The highest BCUT2D eigenvalue weighted by Crippen LogP contribution is 2.58. The number of hydrogen-bond donors (Lipinski definition) is 0. The first kappa shape index (κ1) is 48.6. The van der Waals surface area contributed by atoms with E-state index in [-0.39, 0.29) is 39.3 Å². The summed E-state index contributed by atoms with van der Waals surface area (Å²) in [6.07, 6.45) is 7.03. The van der Waals surface area contributed by atoms with Gasteiger partial charge < -0.3 is 14.1 Å². The van der Waals surface area contributed by atoms with Crippen LogP contribution < -0.4 is 20.6 Å². The van der Waals surface area contributed by atoms with Gasteiger partial charge in [-0.05, 0) is 194 Å². The van der Waals surface area contributed by atoms with Crippen molar-refractivity contribution in [2.24, 2.45) is 0 Å². The highest BCUT2D eigenvalue weighted by Gasteiger charge is 2.49. The largest absolute Gasteiger partial charge is 0.455 e. The summed E-state index contributed by atoms with van der Waals surface area (Å²) in [5, 5.41) is 5.02. The van der Waals surface area contributed by atoms with Crippen molar-refractivity contribution in [3.63, 3.8) is 0 Å². The Hall–Kier alpha value is -6.56. The minimum atomic E-state index is -0.178. The van der Waals surface area contributed by atoms with Crippen molar-refractivity contribution in [2.75, 3.05) is 9.71 Å². The van der Waals surface area contributed by atoms with Gasteiger partial charge in [-0.1, -0.05) is 162 Å². The topological polar surface area (TPSA) is 19.6 Å². The Morgan fingerprint density at radius 3 is 1.73 bits per heavy atom. The summed E-state index contributed by atoms with van der Waals surface area (Å²) < 4.78 is 10.1. The molecule has 0 amide bonds. The molecule has 10 aromatic rings. The molecule has 0 saturated heterocycles. The number of anilines is 5. The molecule has 2 aliphatic heterocycles. The van der Waals surface area contributed by atoms with E-state index in [1.807, 2.05) is 11.3 Å². The summed E-state index contributed by atoms with van der Waals surface area (Å²) in [4.78, 5) is 5.48. The highest BCUT2D eigenvalue weighted by molar-refractivity contribution is 7.26. The van der Waals surface area contributed by atoms with E-state index < -0.39 is 0 Å². The number of fused-ring (bicyclic) bond motifs is 15. The van der Waals surface area contributed by atoms with Crippen LogP contribution >= 0.6 is 11.3 Å². The van der Waals surface area contributed by atoms with Crippen LogP contribution in [0.4, 0.5) is 28.4 Å². The van der Waals surface area contributed by atoms with Gasteiger partial charge in [-0.15, -0.1) is 11.3 Å². The molecule has 0 radical (unpaired) electrons. The predicted molar refractivity (Wildman–Crippen MR) is 336 cm³/mol. The maximum absolute atomic E-state index is 7.43. The molecule has 78 heavy (non-hydrogen) atoms. The van der Waals surface area contributed by atoms with Crippen LogP contribution in [0.2, 0.25) is 0 Å². The fourth-order valence-electron chi connectivity index (χ4n) is 15.6. The molecule has 0 atom stereocenters. The zero-order chi connectivity index (χ0) is 54.0. The van der Waals surface area contributed by atoms with Crippen molar-refractivity contribution < 1.29 is 4.42 Å². The molecule has 4 heterocycles. The molecule has 8 aromatic carbocycles. The second kappa shape index (κ2) is 15.8. The number of rotatable bonds is 3. The van der Waals surface area contributed by atoms with E-state index in [1.54, 1.807) is 0 Å². The van der Waals surface area contributed by atoms with Gasteiger partial charge in [-0.25, -0.2) is 0 Å². The third-order valence-electron chi connectivity index (χ3n) is 20.8. The Morgan fingerprint density at radius 2 is 1.04 bits per heavy atom. The van der Waals surface area contributed by atoms with Crippen LogP contribution in [-0.2, 0) is 32.5 Å². The molecule has 0 spiro atoms. The molecule has 0 fully saturated rings. The summed E-state index contributed by atoms with van der Waals surface area (Å²) >= 11 is 2.00. The lowest BCUT2D eigenvalue weighted by Crippen LogP contribution is -2.61. The van der Waals surface area contributed by atoms with Crippen LogP contribution in [0.25, 0.3) is 64.4 Å². The van der Waals surface area contributed by atoms with Gasteiger partial charge in [-0.3, -0.25) is 0 Å². The maximum Gasteiger partial charge on any atom is 0.333 e. The monoisotopic (exact) mass is 1040 g/mol. The minimum absolute atomic E-state index is 0.0193. The van der Waals surface area contributed by atoms with Crippen LogP contribution in [0.3, 0.4) is 0 Å². The average molecular weight is 1040 g/mol. The van der Waals surface area contributed by atoms with Crippen LogP contribution in [0.5, 0.6) is 0 Å². The molecule has 3 nitrogen and oxygen atoms in total. The summed E-state index contributed by atoms with van der Waals surface area (Å²) in [6, 6.07) is 52.7. The van der Waals surface area contributed by atoms with Crippen molar-refractivity contribution in [3.05, 3.63) is 172 Å². The molecule has 390 valence electrons. The first-order valence-corrected chi connectivity index (χ1v) is 30.0. The summed E-state index contributed by atoms with van der Waals surface area (Å²) in [5.74, 6) is 0. The van der Waals surface area contributed by atoms with Crippen LogP contribution in [-0.4, -0.2) is 6.85 Å². The fourth-order valence-corrected chi connectivity index (χ4v) is 16.9. The number of para-hydroxylation sites is 1. The zero-order valence-electron chi connectivity index (χ0n) is 48.2. The molecule has 5 heteroatoms. The molecule has 0 saturated carbocycles. The van der Waals surface area contributed by atoms with E-state index in [1.165, 1.54) is 146 Å². The number of hydrogen-bond acceptors (Lipinski definition) is 4. The van der Waals surface area contributed by atoms with E-state index in [0.717, 1.165) is 34.8 Å². The summed E-state index contributed by atoms with van der Waals surface area (Å²) in [6.45, 7) is 31.8. The lowest BCUT2D eigenvalue weighted by molar-refractivity contribution is 0.332. The van der Waals surface area contributed by atoms with Crippen molar-refractivity contribution in [2.45, 2.75) is 161 Å². The first-order chi connectivity index (χ1) is 37.0. The Bertz CT molecular complexity index is 4250. The van der Waals surface area contributed by atoms with Gasteiger partial charge in [0.05, 0.1) is 0 Å². The van der Waals surface area contributed by atoms with Crippen molar-refractivity contribution in [1.82, 2.24) is 0 Å². The molecular formula is C73H73BN2OS. The lowest BCUT2D eigenvalue weighted by Gasteiger charge is -2.48. The summed E-state index contributed by atoms with van der Waals surface area (Å²) in [7, 11) is 0. The standard InChI is InChI=1S/C73H73BN2OS/c1-42-35-51-54(72(10,11)33-31-69(51,4)5)40-58(42)75-59-36-44(43-19-15-14-16-20-43)23-27-56(59)74-65-60(75)39-49-46-21-17-18-22-61(46)77-66(49)64(65)63-57(76(74)45-24-26-50-52(37-45)70(6,7)30-29-68(50,2)3)28-25-47-48-38-53-55(41-62(48)78-67(47)63)73(12,13)34-32-71(53,8)9/h14-28,35-41H,29-34H2,1-13H3. The van der Waals surface area contributed by atoms with Crippen LogP contribution in [0.1, 0.15) is 161 Å². The zero-order valence-corrected chi connectivity index (χ0v) is 49.0. The molecule has 3 aliphatic carbocycles. The van der Waals surface area contributed by atoms with Gasteiger partial charge in [0.2, 0.25) is 0 Å². The average Bonchev–Trinajstić information content (AvgIpc) is 3.09. The number of aryl methyl sites for hydroxylation is 1. The van der Waals surface area contributed by atoms with Crippen LogP contribution in [0.15, 0.2) is 138 Å². The normalized spacial score (nSPS) is 19.6. The third kappa shape index (κ3) is 6.69. The second-order valence-corrected chi connectivity index (χ2v) is 29.5. The fraction of sp³-hybridized carbons (Fsp3) is 0.342. The number of nitrogens with zero attached hydrogens (tertiary/aromatic N) is 2. The quantitative estimate of drug-likeness (QED) is 0.164. The number of furan rings is 1. The Morgan fingerprint density at radius 1 is 0.436 bits per heavy atom. The van der Waals surface area contributed by atoms with Gasteiger partial charge in [0.25, 0.3) is 0 Å². The Balaban J connectivity index is 1.12. The van der Waals surface area contributed by atoms with Gasteiger partial charge in [0.15, 0.2) is 0 Å². The highest BCUT2D eigenvalue weighted by atomic mass is 32.1. The third-order valence-corrected chi connectivity index (χ3v) is 21.9. The van der Waals surface area contributed by atoms with Gasteiger partial charge in [-0.2, -0.15) is 0 Å². The SMILES string of the molecule is Cc1cc2c(cc1N1c3cc(-c4ccccc4)ccc3B3c4c1cc1c(oc5ccccc51)c4-c1c(ccc4c1sc1cc5c(cc14)C(C)(C)CCC5(C)C)N3c1ccc3c(c1)C(C)(C)CCC3(C)C)C(C)(C)CCC2(C)C. The molecule has 15 rings (SSSR count). The van der Waals surface area contributed by atoms with Crippen molar-refractivity contribution >= 4 is 99.7 Å². The van der Waals surface area contributed by atoms with Crippen molar-refractivity contribution in [3.8, 4) is 22.3 Å². The van der Waals surface area contributed by atoms with Gasteiger partial charge >= 0.3 is 6.85 Å². The molecule has 0 unspecified atom stereocenters. The van der Waals surface area contributed by atoms with E-state index in [9.17, 15) is 0 Å². The van der Waals surface area contributed by atoms with Crippen molar-refractivity contribution in [1.29, 1.82) is 0 Å². The smallest absolute Gasteiger partial charge is 0.333 e. The first-order valence-electron chi connectivity index (χ1n) is 29.2. The molecule has 5 aliphatic rings. The number of thiophene rings is 1. The molecule has 2 aromatic heterocycles. The minimum Gasteiger partial charge on any atom is -0.455 e. The summed E-state index contributed by atoms with van der Waals surface area (Å²) in [5.41, 5.74) is 26.3. The lowest BCUT2D eigenvalue weighted by atomic mass is 9.43. The molecule has 0 N–H and O–H groups in total. The molecular weight excluding hydrogens is 964 g/mol. The van der Waals surface area contributed by atoms with E-state index in [0.29, 0.717) is 0 Å². The Labute approximate surface area is 466 Å². The van der Waals surface area contributed by atoms with E-state index in [2.05, 4.69) is 233 Å². The maximum atomic E-state index is 7.43. The number of benzene rings is 8. The Kier molecular flexibility index (Phi) is 9.86. The van der Waals surface area contributed by atoms with E-state index in [4.69, 9.17) is 4.42 Å². The second-order valence-electron chi connectivity index (χ2n) is 28.5. The molecule has 0 bridgehead atoms. The van der Waals surface area contributed by atoms with Crippen LogP contribution in [0, 0.1) is 6.92 Å².